The summed E-state index contributed by atoms with van der Waals surface area (Å²) in [7, 11) is 0. The number of anilines is 1. The molecule has 3 nitrogen and oxygen atoms in total. The Balaban J connectivity index is 2.05. The van der Waals surface area contributed by atoms with Gasteiger partial charge >= 0.3 is 0 Å². The molecule has 0 bridgehead atoms. The largest absolute Gasteiger partial charge is 0.396 e. The van der Waals surface area contributed by atoms with E-state index in [0.29, 0.717) is 5.69 Å². The Morgan fingerprint density at radius 2 is 1.63 bits per heavy atom. The fourth-order valence-electron chi connectivity index (χ4n) is 1.93. The zero-order valence-corrected chi connectivity index (χ0v) is 12.3. The van der Waals surface area contributed by atoms with Gasteiger partial charge in [-0.25, -0.2) is 4.68 Å². The third-order valence-corrected chi connectivity index (χ3v) is 3.60. The first-order valence-corrected chi connectivity index (χ1v) is 6.98. The van der Waals surface area contributed by atoms with E-state index in [2.05, 4.69) is 39.8 Å². The van der Waals surface area contributed by atoms with Crippen LogP contribution in [0.3, 0.4) is 0 Å². The Labute approximate surface area is 125 Å². The molecule has 0 aliphatic rings. The van der Waals surface area contributed by atoms with Crippen molar-refractivity contribution in [3.63, 3.8) is 0 Å². The van der Waals surface area contributed by atoms with Gasteiger partial charge in [-0.05, 0) is 46.9 Å². The normalized spacial score (nSPS) is 10.6. The summed E-state index contributed by atoms with van der Waals surface area (Å²) in [5.74, 6) is 0. The fraction of sp³-hybridized carbons (Fsp3) is 0. The van der Waals surface area contributed by atoms with Crippen molar-refractivity contribution in [1.82, 2.24) is 9.78 Å². The van der Waals surface area contributed by atoms with Gasteiger partial charge in [-0.2, -0.15) is 5.10 Å². The lowest BCUT2D eigenvalue weighted by atomic mass is 10.1. The lowest BCUT2D eigenvalue weighted by molar-refractivity contribution is 0.884. The summed E-state index contributed by atoms with van der Waals surface area (Å²) in [4.78, 5) is 0. The minimum absolute atomic E-state index is 0.685. The molecular formula is C15H12IN3. The highest BCUT2D eigenvalue weighted by Crippen LogP contribution is 2.25. The van der Waals surface area contributed by atoms with E-state index < -0.39 is 0 Å². The SMILES string of the molecule is Nc1cn(-c2ccccc2)nc1-c1ccc(I)cc1. The standard InChI is InChI=1S/C15H12IN3/c16-12-8-6-11(7-9-12)15-14(17)10-19(18-15)13-4-2-1-3-5-13/h1-10H,17H2. The summed E-state index contributed by atoms with van der Waals surface area (Å²) < 4.78 is 3.00. The van der Waals surface area contributed by atoms with Crippen LogP contribution in [-0.4, -0.2) is 9.78 Å². The molecule has 0 spiro atoms. The van der Waals surface area contributed by atoms with E-state index in [1.165, 1.54) is 3.57 Å². The van der Waals surface area contributed by atoms with Crippen LogP contribution in [-0.2, 0) is 0 Å². The Morgan fingerprint density at radius 1 is 0.947 bits per heavy atom. The monoisotopic (exact) mass is 361 g/mol. The average Bonchev–Trinajstić information content (AvgIpc) is 2.83. The van der Waals surface area contributed by atoms with Crippen molar-refractivity contribution in [2.24, 2.45) is 0 Å². The third kappa shape index (κ3) is 2.49. The quantitative estimate of drug-likeness (QED) is 0.707. The van der Waals surface area contributed by atoms with Gasteiger partial charge in [-0.3, -0.25) is 0 Å². The van der Waals surface area contributed by atoms with Gasteiger partial charge in [0.25, 0.3) is 0 Å². The zero-order chi connectivity index (χ0) is 13.2. The molecule has 0 saturated heterocycles. The molecule has 3 rings (SSSR count). The van der Waals surface area contributed by atoms with E-state index in [4.69, 9.17) is 5.73 Å². The highest BCUT2D eigenvalue weighted by atomic mass is 127. The van der Waals surface area contributed by atoms with Crippen molar-refractivity contribution >= 4 is 28.3 Å². The fourth-order valence-corrected chi connectivity index (χ4v) is 2.29. The first kappa shape index (κ1) is 12.2. The molecule has 0 atom stereocenters. The second-order valence-corrected chi connectivity index (χ2v) is 5.47. The minimum atomic E-state index is 0.685. The number of aromatic nitrogens is 2. The Morgan fingerprint density at radius 3 is 2.32 bits per heavy atom. The van der Waals surface area contributed by atoms with Gasteiger partial charge in [-0.1, -0.05) is 30.3 Å². The van der Waals surface area contributed by atoms with Gasteiger partial charge in [0, 0.05) is 9.13 Å². The molecule has 1 heterocycles. The van der Waals surface area contributed by atoms with Crippen molar-refractivity contribution < 1.29 is 0 Å². The number of nitrogens with two attached hydrogens (primary N) is 1. The highest BCUT2D eigenvalue weighted by Gasteiger charge is 2.09. The molecule has 2 aromatic carbocycles. The molecule has 0 aliphatic carbocycles. The molecule has 94 valence electrons. The molecule has 0 saturated carbocycles. The molecule has 1 aromatic heterocycles. The van der Waals surface area contributed by atoms with Gasteiger partial charge < -0.3 is 5.73 Å². The summed E-state index contributed by atoms with van der Waals surface area (Å²) in [5.41, 5.74) is 9.61. The number of hydrogen-bond donors (Lipinski definition) is 1. The molecule has 0 fully saturated rings. The van der Waals surface area contributed by atoms with Crippen molar-refractivity contribution in [1.29, 1.82) is 0 Å². The van der Waals surface area contributed by atoms with Crippen LogP contribution in [0.4, 0.5) is 5.69 Å². The number of hydrogen-bond acceptors (Lipinski definition) is 2. The molecule has 3 aromatic rings. The van der Waals surface area contributed by atoms with Crippen LogP contribution in [0.1, 0.15) is 0 Å². The van der Waals surface area contributed by atoms with Crippen LogP contribution in [0.2, 0.25) is 0 Å². The van der Waals surface area contributed by atoms with Crippen LogP contribution in [0.5, 0.6) is 0 Å². The molecule has 0 radical (unpaired) electrons. The maximum absolute atomic E-state index is 6.06. The predicted octanol–water partition coefficient (Wildman–Crippen LogP) is 3.73. The van der Waals surface area contributed by atoms with Crippen molar-refractivity contribution in [2.75, 3.05) is 5.73 Å². The van der Waals surface area contributed by atoms with E-state index in [1.54, 1.807) is 0 Å². The number of nitrogen functional groups attached to an aromatic ring is 1. The third-order valence-electron chi connectivity index (χ3n) is 2.88. The Kier molecular flexibility index (Phi) is 3.25. The lowest BCUT2D eigenvalue weighted by Gasteiger charge is -2.00. The molecular weight excluding hydrogens is 349 g/mol. The summed E-state index contributed by atoms with van der Waals surface area (Å²) in [6, 6.07) is 18.1. The van der Waals surface area contributed by atoms with Crippen molar-refractivity contribution in [3.05, 3.63) is 64.4 Å². The van der Waals surface area contributed by atoms with E-state index in [1.807, 2.05) is 53.3 Å². The molecule has 0 unspecified atom stereocenters. The van der Waals surface area contributed by atoms with Crippen molar-refractivity contribution in [3.8, 4) is 16.9 Å². The van der Waals surface area contributed by atoms with Gasteiger partial charge in [0.2, 0.25) is 0 Å². The Bertz CT molecular complexity index is 687. The number of benzene rings is 2. The van der Waals surface area contributed by atoms with Crippen molar-refractivity contribution in [2.45, 2.75) is 0 Å². The molecule has 0 amide bonds. The van der Waals surface area contributed by atoms with Crippen LogP contribution < -0.4 is 5.73 Å². The van der Waals surface area contributed by atoms with Crippen LogP contribution in [0, 0.1) is 3.57 Å². The first-order valence-electron chi connectivity index (χ1n) is 5.90. The number of para-hydroxylation sites is 1. The second kappa shape index (κ2) is 5.05. The van der Waals surface area contributed by atoms with E-state index in [9.17, 15) is 0 Å². The van der Waals surface area contributed by atoms with E-state index in [0.717, 1.165) is 16.9 Å². The summed E-state index contributed by atoms with van der Waals surface area (Å²) >= 11 is 2.28. The summed E-state index contributed by atoms with van der Waals surface area (Å²) in [6.07, 6.45) is 1.85. The number of nitrogens with zero attached hydrogens (tertiary/aromatic N) is 2. The number of rotatable bonds is 2. The second-order valence-electron chi connectivity index (χ2n) is 4.22. The van der Waals surface area contributed by atoms with Crippen LogP contribution in [0.25, 0.3) is 16.9 Å². The maximum Gasteiger partial charge on any atom is 0.116 e. The van der Waals surface area contributed by atoms with Crippen LogP contribution in [0.15, 0.2) is 60.8 Å². The first-order chi connectivity index (χ1) is 9.24. The van der Waals surface area contributed by atoms with E-state index >= 15 is 0 Å². The molecule has 2 N–H and O–H groups in total. The topological polar surface area (TPSA) is 43.8 Å². The summed E-state index contributed by atoms with van der Waals surface area (Å²) in [6.45, 7) is 0. The van der Waals surface area contributed by atoms with E-state index in [-0.39, 0.29) is 0 Å². The predicted molar refractivity (Wildman–Crippen MR) is 86.1 cm³/mol. The van der Waals surface area contributed by atoms with Gasteiger partial charge in [0.15, 0.2) is 0 Å². The molecule has 4 heteroatoms. The maximum atomic E-state index is 6.06. The molecule has 0 aliphatic heterocycles. The Hall–Kier alpha value is -1.82. The average molecular weight is 361 g/mol. The van der Waals surface area contributed by atoms with Crippen LogP contribution >= 0.6 is 22.6 Å². The molecule has 19 heavy (non-hydrogen) atoms. The van der Waals surface area contributed by atoms with Gasteiger partial charge in [0.1, 0.15) is 5.69 Å². The minimum Gasteiger partial charge on any atom is -0.396 e. The highest BCUT2D eigenvalue weighted by molar-refractivity contribution is 14.1. The van der Waals surface area contributed by atoms with Gasteiger partial charge in [0.05, 0.1) is 17.6 Å². The zero-order valence-electron chi connectivity index (χ0n) is 10.1. The lowest BCUT2D eigenvalue weighted by Crippen LogP contribution is -1.93. The number of halogens is 1. The van der Waals surface area contributed by atoms with Gasteiger partial charge in [-0.15, -0.1) is 0 Å². The smallest absolute Gasteiger partial charge is 0.116 e. The summed E-state index contributed by atoms with van der Waals surface area (Å²) in [5, 5.41) is 4.57.